The van der Waals surface area contributed by atoms with Crippen molar-refractivity contribution in [1.29, 1.82) is 5.26 Å². The summed E-state index contributed by atoms with van der Waals surface area (Å²) in [5, 5.41) is 10.2. The second-order valence-electron chi connectivity index (χ2n) is 4.38. The molecule has 17 heavy (non-hydrogen) atoms. The van der Waals surface area contributed by atoms with Gasteiger partial charge < -0.3 is 0 Å². The zero-order valence-corrected chi connectivity index (χ0v) is 10.6. The summed E-state index contributed by atoms with van der Waals surface area (Å²) in [5.74, 6) is 0.481. The van der Waals surface area contributed by atoms with Gasteiger partial charge in [0.25, 0.3) is 0 Å². The van der Waals surface area contributed by atoms with E-state index in [0.29, 0.717) is 17.5 Å². The fourth-order valence-electron chi connectivity index (χ4n) is 1.78. The average molecular weight is 245 g/mol. The summed E-state index contributed by atoms with van der Waals surface area (Å²) in [6.07, 6.45) is 0.299. The van der Waals surface area contributed by atoms with E-state index < -0.39 is 0 Å². The highest BCUT2D eigenvalue weighted by atomic mass is 35.5. The molecule has 2 nitrogen and oxygen atoms in total. The summed E-state index contributed by atoms with van der Waals surface area (Å²) in [5.41, 5.74) is 2.94. The summed E-state index contributed by atoms with van der Waals surface area (Å²) >= 11 is 6.02. The van der Waals surface area contributed by atoms with Gasteiger partial charge in [-0.15, -0.1) is 0 Å². The molecule has 0 radical (unpaired) electrons. The first-order valence-corrected chi connectivity index (χ1v) is 5.95. The molecule has 2 rings (SSSR count). The third kappa shape index (κ3) is 2.40. The Balaban J connectivity index is 2.60. The minimum atomic E-state index is 0.299. The van der Waals surface area contributed by atoms with Crippen LogP contribution in [0, 0.1) is 11.3 Å². The van der Waals surface area contributed by atoms with E-state index in [4.69, 9.17) is 16.9 Å². The van der Waals surface area contributed by atoms with Crippen LogP contribution in [0.3, 0.4) is 0 Å². The fraction of sp³-hybridized carbons (Fsp3) is 0.286. The Morgan fingerprint density at radius 2 is 2.12 bits per heavy atom. The van der Waals surface area contributed by atoms with Crippen LogP contribution < -0.4 is 0 Å². The summed E-state index contributed by atoms with van der Waals surface area (Å²) in [6, 6.07) is 10.2. The number of nitriles is 1. The molecule has 3 heteroatoms. The molecule has 1 aromatic carbocycles. The molecule has 0 saturated heterocycles. The van der Waals surface area contributed by atoms with Crippen LogP contribution in [0.2, 0.25) is 5.15 Å². The molecule has 0 aliphatic carbocycles. The largest absolute Gasteiger partial charge is 0.236 e. The molecule has 0 amide bonds. The van der Waals surface area contributed by atoms with Crippen LogP contribution >= 0.6 is 11.6 Å². The lowest BCUT2D eigenvalue weighted by atomic mass is 10.0. The molecule has 0 saturated carbocycles. The molecule has 0 aliphatic heterocycles. The highest BCUT2D eigenvalue weighted by Gasteiger charge is 2.06. The second-order valence-corrected chi connectivity index (χ2v) is 4.74. The van der Waals surface area contributed by atoms with Gasteiger partial charge in [0.15, 0.2) is 0 Å². The summed E-state index contributed by atoms with van der Waals surface area (Å²) in [6.45, 7) is 4.31. The highest BCUT2D eigenvalue weighted by molar-refractivity contribution is 6.30. The van der Waals surface area contributed by atoms with Gasteiger partial charge in [-0.3, -0.25) is 0 Å². The van der Waals surface area contributed by atoms with Crippen LogP contribution in [0.1, 0.15) is 30.9 Å². The lowest BCUT2D eigenvalue weighted by molar-refractivity contribution is 0.868. The Labute approximate surface area is 106 Å². The van der Waals surface area contributed by atoms with Crippen molar-refractivity contribution in [3.63, 3.8) is 0 Å². The van der Waals surface area contributed by atoms with E-state index in [1.54, 1.807) is 0 Å². The first-order chi connectivity index (χ1) is 8.11. The number of nitrogens with zero attached hydrogens (tertiary/aromatic N) is 2. The molecule has 0 atom stereocenters. The molecule has 0 bridgehead atoms. The molecule has 1 heterocycles. The van der Waals surface area contributed by atoms with Crippen LogP contribution in [0.4, 0.5) is 0 Å². The van der Waals surface area contributed by atoms with Gasteiger partial charge in [-0.05, 0) is 29.7 Å². The number of pyridine rings is 1. The second kappa shape index (κ2) is 4.73. The maximum absolute atomic E-state index is 8.72. The lowest BCUT2D eigenvalue weighted by Gasteiger charge is -2.08. The number of rotatable bonds is 2. The maximum atomic E-state index is 8.72. The van der Waals surface area contributed by atoms with Gasteiger partial charge in [-0.1, -0.05) is 31.5 Å². The van der Waals surface area contributed by atoms with E-state index in [1.807, 2.05) is 12.1 Å². The predicted molar refractivity (Wildman–Crippen MR) is 70.2 cm³/mol. The molecule has 0 spiro atoms. The van der Waals surface area contributed by atoms with Gasteiger partial charge in [0.05, 0.1) is 18.0 Å². The predicted octanol–water partition coefficient (Wildman–Crippen LogP) is 4.08. The zero-order chi connectivity index (χ0) is 12.4. The van der Waals surface area contributed by atoms with Crippen LogP contribution in [0.15, 0.2) is 24.3 Å². The number of fused-ring (bicyclic) bond motifs is 1. The van der Waals surface area contributed by atoms with Gasteiger partial charge in [0.1, 0.15) is 5.15 Å². The van der Waals surface area contributed by atoms with E-state index in [1.165, 1.54) is 5.56 Å². The normalized spacial score (nSPS) is 10.8. The van der Waals surface area contributed by atoms with Gasteiger partial charge in [0, 0.05) is 10.9 Å². The van der Waals surface area contributed by atoms with Crippen molar-refractivity contribution in [1.82, 2.24) is 4.98 Å². The molecular formula is C14H13ClN2. The van der Waals surface area contributed by atoms with Gasteiger partial charge >= 0.3 is 0 Å². The smallest absolute Gasteiger partial charge is 0.134 e. The SMILES string of the molecule is CC(C)c1ccc2nc(Cl)c(CC#N)cc2c1. The third-order valence-electron chi connectivity index (χ3n) is 2.80. The topological polar surface area (TPSA) is 36.7 Å². The van der Waals surface area contributed by atoms with E-state index in [9.17, 15) is 0 Å². The number of aromatic nitrogens is 1. The Morgan fingerprint density at radius 1 is 1.35 bits per heavy atom. The molecule has 2 aromatic rings. The first-order valence-electron chi connectivity index (χ1n) is 5.58. The molecule has 1 aromatic heterocycles. The minimum Gasteiger partial charge on any atom is -0.236 e. The monoisotopic (exact) mass is 244 g/mol. The molecule has 0 N–H and O–H groups in total. The van der Waals surface area contributed by atoms with Crippen molar-refractivity contribution < 1.29 is 0 Å². The first kappa shape index (κ1) is 11.9. The Morgan fingerprint density at radius 3 is 2.76 bits per heavy atom. The van der Waals surface area contributed by atoms with Crippen molar-refractivity contribution in [3.05, 3.63) is 40.5 Å². The summed E-state index contributed by atoms with van der Waals surface area (Å²) in [4.78, 5) is 4.31. The van der Waals surface area contributed by atoms with Crippen molar-refractivity contribution in [2.45, 2.75) is 26.2 Å². The highest BCUT2D eigenvalue weighted by Crippen LogP contribution is 2.24. The third-order valence-corrected chi connectivity index (χ3v) is 3.13. The molecule has 86 valence electrons. The van der Waals surface area contributed by atoms with Crippen LogP contribution in [0.5, 0.6) is 0 Å². The number of halogens is 1. The molecule has 0 unspecified atom stereocenters. The van der Waals surface area contributed by atoms with Crippen molar-refractivity contribution in [2.75, 3.05) is 0 Å². The Hall–Kier alpha value is -1.59. The van der Waals surface area contributed by atoms with E-state index in [-0.39, 0.29) is 0 Å². The standard InChI is InChI=1S/C14H13ClN2/c1-9(2)10-3-4-13-12(7-10)8-11(5-6-16)14(15)17-13/h3-4,7-9H,5H2,1-2H3. The van der Waals surface area contributed by atoms with Crippen LogP contribution in [0.25, 0.3) is 10.9 Å². The zero-order valence-electron chi connectivity index (χ0n) is 9.87. The van der Waals surface area contributed by atoms with E-state index >= 15 is 0 Å². The Bertz CT molecular complexity index is 597. The van der Waals surface area contributed by atoms with Gasteiger partial charge in [-0.2, -0.15) is 5.26 Å². The number of benzene rings is 1. The maximum Gasteiger partial charge on any atom is 0.134 e. The van der Waals surface area contributed by atoms with Gasteiger partial charge in [-0.25, -0.2) is 4.98 Å². The summed E-state index contributed by atoms with van der Waals surface area (Å²) in [7, 11) is 0. The van der Waals surface area contributed by atoms with Crippen LogP contribution in [-0.2, 0) is 6.42 Å². The lowest BCUT2D eigenvalue weighted by Crippen LogP contribution is -1.92. The summed E-state index contributed by atoms with van der Waals surface area (Å²) < 4.78 is 0. The van der Waals surface area contributed by atoms with E-state index in [2.05, 4.69) is 37.0 Å². The minimum absolute atomic E-state index is 0.299. The molecule has 0 aliphatic rings. The Kier molecular flexibility index (Phi) is 3.31. The number of hydrogen-bond acceptors (Lipinski definition) is 2. The number of hydrogen-bond donors (Lipinski definition) is 0. The van der Waals surface area contributed by atoms with Crippen molar-refractivity contribution >= 4 is 22.5 Å². The molecular weight excluding hydrogens is 232 g/mol. The quantitative estimate of drug-likeness (QED) is 0.747. The van der Waals surface area contributed by atoms with Crippen LogP contribution in [-0.4, -0.2) is 4.98 Å². The van der Waals surface area contributed by atoms with E-state index in [0.717, 1.165) is 16.5 Å². The fourth-order valence-corrected chi connectivity index (χ4v) is 2.00. The van der Waals surface area contributed by atoms with Crippen molar-refractivity contribution in [2.24, 2.45) is 0 Å². The van der Waals surface area contributed by atoms with Crippen molar-refractivity contribution in [3.8, 4) is 6.07 Å². The van der Waals surface area contributed by atoms with Gasteiger partial charge in [0.2, 0.25) is 0 Å². The molecule has 0 fully saturated rings. The average Bonchev–Trinajstić information content (AvgIpc) is 2.29.